The SMILES string of the molecule is [N-]=[N+]=NCCOCCOCCNc1cccc2c1C(=O)C(C1CCC(=O)NC1=O)C2=O. The molecule has 164 valence electrons. The number of azide groups is 1. The van der Waals surface area contributed by atoms with Gasteiger partial charge in [0.15, 0.2) is 11.6 Å². The minimum atomic E-state index is -1.09. The van der Waals surface area contributed by atoms with E-state index in [0.29, 0.717) is 44.2 Å². The van der Waals surface area contributed by atoms with E-state index in [4.69, 9.17) is 15.0 Å². The molecule has 1 aromatic carbocycles. The lowest BCUT2D eigenvalue weighted by Gasteiger charge is -2.24. The number of carbonyl (C=O) groups excluding carboxylic acids is 4. The van der Waals surface area contributed by atoms with Crippen LogP contribution in [0.2, 0.25) is 0 Å². The highest BCUT2D eigenvalue weighted by Crippen LogP contribution is 2.38. The standard InChI is InChI=1S/C20H23N5O6/c21-25-23-7-9-31-11-10-30-8-6-22-14-3-1-2-12-16(14)19(28)17(18(12)27)13-4-5-15(26)24-20(13)29/h1-3,13,17,22H,4-11H2,(H,24,26,29). The first-order valence-corrected chi connectivity index (χ1v) is 10.00. The molecule has 2 N–H and O–H groups in total. The van der Waals surface area contributed by atoms with E-state index >= 15 is 0 Å². The van der Waals surface area contributed by atoms with Crippen LogP contribution in [0.15, 0.2) is 23.3 Å². The maximum Gasteiger partial charge on any atom is 0.230 e. The van der Waals surface area contributed by atoms with Crippen LogP contribution in [0.4, 0.5) is 5.69 Å². The molecule has 1 fully saturated rings. The third-order valence-corrected chi connectivity index (χ3v) is 5.16. The number of ether oxygens (including phenoxy) is 2. The van der Waals surface area contributed by atoms with Crippen molar-refractivity contribution in [2.45, 2.75) is 12.8 Å². The number of rotatable bonds is 11. The number of carbonyl (C=O) groups is 4. The Balaban J connectivity index is 1.53. The van der Waals surface area contributed by atoms with Gasteiger partial charge in [-0.25, -0.2) is 0 Å². The Kier molecular flexibility index (Phi) is 7.71. The van der Waals surface area contributed by atoms with E-state index in [0.717, 1.165) is 0 Å². The molecule has 0 spiro atoms. The second-order valence-electron chi connectivity index (χ2n) is 7.10. The minimum Gasteiger partial charge on any atom is -0.382 e. The quantitative estimate of drug-likeness (QED) is 0.135. The summed E-state index contributed by atoms with van der Waals surface area (Å²) in [5, 5.41) is 8.67. The Hall–Kier alpha value is -3.27. The predicted octanol–water partition coefficient (Wildman–Crippen LogP) is 1.49. The Morgan fingerprint density at radius 3 is 2.61 bits per heavy atom. The molecule has 1 aliphatic heterocycles. The maximum atomic E-state index is 13.0. The lowest BCUT2D eigenvalue weighted by Crippen LogP contribution is -2.46. The van der Waals surface area contributed by atoms with Crippen molar-refractivity contribution >= 4 is 29.1 Å². The van der Waals surface area contributed by atoms with E-state index in [9.17, 15) is 19.2 Å². The molecule has 0 aromatic heterocycles. The van der Waals surface area contributed by atoms with Gasteiger partial charge in [-0.05, 0) is 18.0 Å². The van der Waals surface area contributed by atoms with Gasteiger partial charge >= 0.3 is 0 Å². The molecule has 2 aliphatic rings. The maximum absolute atomic E-state index is 13.0. The second-order valence-corrected chi connectivity index (χ2v) is 7.10. The van der Waals surface area contributed by atoms with Crippen molar-refractivity contribution < 1.29 is 28.7 Å². The van der Waals surface area contributed by atoms with E-state index < -0.39 is 23.5 Å². The average molecular weight is 429 g/mol. The molecule has 1 aromatic rings. The normalized spacial score (nSPS) is 20.3. The molecule has 2 atom stereocenters. The number of piperidine rings is 1. The van der Waals surface area contributed by atoms with Crippen LogP contribution < -0.4 is 10.6 Å². The lowest BCUT2D eigenvalue weighted by molar-refractivity contribution is -0.137. The summed E-state index contributed by atoms with van der Waals surface area (Å²) in [6.07, 6.45) is 0.295. The number of nitrogens with one attached hydrogen (secondary N) is 2. The van der Waals surface area contributed by atoms with Gasteiger partial charge in [0.25, 0.3) is 0 Å². The number of hydrogen-bond acceptors (Lipinski definition) is 8. The number of amides is 2. The Morgan fingerprint density at radius 1 is 1.10 bits per heavy atom. The zero-order valence-electron chi connectivity index (χ0n) is 16.8. The van der Waals surface area contributed by atoms with Crippen LogP contribution in [0.25, 0.3) is 10.4 Å². The van der Waals surface area contributed by atoms with Gasteiger partial charge in [0.1, 0.15) is 0 Å². The van der Waals surface area contributed by atoms with E-state index in [1.807, 2.05) is 0 Å². The zero-order valence-corrected chi connectivity index (χ0v) is 16.8. The van der Waals surface area contributed by atoms with Gasteiger partial charge in [0.05, 0.1) is 43.8 Å². The molecular formula is C20H23N5O6. The Bertz CT molecular complexity index is 927. The number of nitrogens with zero attached hydrogens (tertiary/aromatic N) is 3. The Morgan fingerprint density at radius 2 is 1.87 bits per heavy atom. The summed E-state index contributed by atoms with van der Waals surface area (Å²) in [6.45, 7) is 2.07. The molecule has 0 radical (unpaired) electrons. The number of ketones is 2. The fourth-order valence-electron chi connectivity index (χ4n) is 3.74. The van der Waals surface area contributed by atoms with Gasteiger partial charge in [0, 0.05) is 35.7 Å². The number of fused-ring (bicyclic) bond motifs is 1. The topological polar surface area (TPSA) is 160 Å². The third-order valence-electron chi connectivity index (χ3n) is 5.16. The van der Waals surface area contributed by atoms with Crippen molar-refractivity contribution in [3.63, 3.8) is 0 Å². The minimum absolute atomic E-state index is 0.113. The van der Waals surface area contributed by atoms with Crippen LogP contribution in [0.3, 0.4) is 0 Å². The first-order chi connectivity index (χ1) is 15.0. The van der Waals surface area contributed by atoms with Crippen molar-refractivity contribution in [1.82, 2.24) is 5.32 Å². The van der Waals surface area contributed by atoms with E-state index in [1.165, 1.54) is 0 Å². The number of anilines is 1. The summed E-state index contributed by atoms with van der Waals surface area (Å²) in [6, 6.07) is 4.96. The van der Waals surface area contributed by atoms with Crippen LogP contribution in [0.5, 0.6) is 0 Å². The van der Waals surface area contributed by atoms with Crippen LogP contribution in [-0.2, 0) is 19.1 Å². The summed E-state index contributed by atoms with van der Waals surface area (Å²) in [5.74, 6) is -3.66. The molecule has 11 heteroatoms. The fourth-order valence-corrected chi connectivity index (χ4v) is 3.74. The monoisotopic (exact) mass is 429 g/mol. The van der Waals surface area contributed by atoms with Gasteiger partial charge in [-0.3, -0.25) is 24.5 Å². The van der Waals surface area contributed by atoms with Crippen molar-refractivity contribution in [2.75, 3.05) is 44.8 Å². The zero-order chi connectivity index (χ0) is 22.2. The molecule has 11 nitrogen and oxygen atoms in total. The Labute approximate surface area is 178 Å². The molecule has 1 saturated heterocycles. The molecule has 0 bridgehead atoms. The first-order valence-electron chi connectivity index (χ1n) is 10.00. The van der Waals surface area contributed by atoms with Crippen molar-refractivity contribution in [3.8, 4) is 0 Å². The highest BCUT2D eigenvalue weighted by molar-refractivity contribution is 6.30. The molecule has 3 rings (SSSR count). The average Bonchev–Trinajstić information content (AvgIpc) is 3.01. The van der Waals surface area contributed by atoms with Gasteiger partial charge in [-0.1, -0.05) is 17.2 Å². The smallest absolute Gasteiger partial charge is 0.230 e. The molecule has 31 heavy (non-hydrogen) atoms. The molecule has 2 unspecified atom stereocenters. The van der Waals surface area contributed by atoms with E-state index in [-0.39, 0.29) is 36.6 Å². The lowest BCUT2D eigenvalue weighted by atomic mass is 9.82. The van der Waals surface area contributed by atoms with Gasteiger partial charge < -0.3 is 14.8 Å². The summed E-state index contributed by atoms with van der Waals surface area (Å²) >= 11 is 0. The largest absolute Gasteiger partial charge is 0.382 e. The number of hydrogen-bond donors (Lipinski definition) is 2. The summed E-state index contributed by atoms with van der Waals surface area (Å²) in [4.78, 5) is 52.1. The molecular weight excluding hydrogens is 406 g/mol. The molecule has 1 aliphatic carbocycles. The third kappa shape index (κ3) is 5.26. The van der Waals surface area contributed by atoms with Crippen LogP contribution >= 0.6 is 0 Å². The number of benzene rings is 1. The molecule has 1 heterocycles. The van der Waals surface area contributed by atoms with Gasteiger partial charge in [-0.2, -0.15) is 0 Å². The van der Waals surface area contributed by atoms with Crippen LogP contribution in [0, 0.1) is 11.8 Å². The van der Waals surface area contributed by atoms with Crippen LogP contribution in [-0.4, -0.2) is 62.9 Å². The highest BCUT2D eigenvalue weighted by atomic mass is 16.5. The van der Waals surface area contributed by atoms with Crippen molar-refractivity contribution in [1.29, 1.82) is 0 Å². The number of imide groups is 1. The number of Topliss-reactive ketones (excluding diaryl/α,β-unsaturated/α-hetero) is 2. The van der Waals surface area contributed by atoms with E-state index in [2.05, 4.69) is 20.7 Å². The highest BCUT2D eigenvalue weighted by Gasteiger charge is 2.48. The molecule has 2 amide bonds. The fraction of sp³-hybridized carbons (Fsp3) is 0.500. The second kappa shape index (κ2) is 10.7. The first kappa shape index (κ1) is 22.4. The molecule has 0 saturated carbocycles. The predicted molar refractivity (Wildman–Crippen MR) is 109 cm³/mol. The summed E-state index contributed by atoms with van der Waals surface area (Å²) < 4.78 is 10.7. The van der Waals surface area contributed by atoms with Crippen molar-refractivity contribution in [2.24, 2.45) is 17.0 Å². The summed E-state index contributed by atoms with van der Waals surface area (Å²) in [7, 11) is 0. The van der Waals surface area contributed by atoms with Gasteiger partial charge in [0.2, 0.25) is 11.8 Å². The van der Waals surface area contributed by atoms with Crippen molar-refractivity contribution in [3.05, 3.63) is 39.8 Å². The summed E-state index contributed by atoms with van der Waals surface area (Å²) in [5.41, 5.74) is 9.24. The van der Waals surface area contributed by atoms with Gasteiger partial charge in [-0.15, -0.1) is 0 Å². The van der Waals surface area contributed by atoms with Crippen LogP contribution in [0.1, 0.15) is 33.6 Å². The van der Waals surface area contributed by atoms with E-state index in [1.54, 1.807) is 18.2 Å².